The van der Waals surface area contributed by atoms with Crippen LogP contribution >= 0.6 is 11.6 Å². The van der Waals surface area contributed by atoms with Gasteiger partial charge in [-0.25, -0.2) is 4.39 Å². The molecule has 0 fully saturated rings. The molecular formula is C11H11ClFN3O2. The predicted molar refractivity (Wildman–Crippen MR) is 62.8 cm³/mol. The summed E-state index contributed by atoms with van der Waals surface area (Å²) >= 11 is 5.80. The monoisotopic (exact) mass is 271 g/mol. The predicted octanol–water partition coefficient (Wildman–Crippen LogP) is 1.94. The van der Waals surface area contributed by atoms with Crippen molar-refractivity contribution in [2.45, 2.75) is 13.0 Å². The third-order valence-corrected chi connectivity index (χ3v) is 2.41. The Hall–Kier alpha value is -1.66. The lowest BCUT2D eigenvalue weighted by Crippen LogP contribution is -2.03. The SMILES string of the molecule is NCCc1nc(COc2ccc(F)cc2Cl)no1. The van der Waals surface area contributed by atoms with Gasteiger partial charge in [0.1, 0.15) is 11.6 Å². The maximum atomic E-state index is 12.8. The molecule has 96 valence electrons. The van der Waals surface area contributed by atoms with Crippen LogP contribution in [0.3, 0.4) is 0 Å². The van der Waals surface area contributed by atoms with E-state index in [1.807, 2.05) is 0 Å². The number of rotatable bonds is 5. The molecule has 1 heterocycles. The average molecular weight is 272 g/mol. The van der Waals surface area contributed by atoms with Gasteiger partial charge in [0, 0.05) is 13.0 Å². The number of hydrogen-bond donors (Lipinski definition) is 1. The van der Waals surface area contributed by atoms with Crippen LogP contribution in [0.4, 0.5) is 4.39 Å². The van der Waals surface area contributed by atoms with Gasteiger partial charge in [-0.3, -0.25) is 0 Å². The Kier molecular flexibility index (Phi) is 4.11. The van der Waals surface area contributed by atoms with E-state index in [4.69, 9.17) is 26.6 Å². The summed E-state index contributed by atoms with van der Waals surface area (Å²) in [6, 6.07) is 3.88. The Balaban J connectivity index is 1.97. The summed E-state index contributed by atoms with van der Waals surface area (Å²) in [5.41, 5.74) is 5.36. The lowest BCUT2D eigenvalue weighted by atomic mass is 10.3. The van der Waals surface area contributed by atoms with Gasteiger partial charge in [0.25, 0.3) is 0 Å². The van der Waals surface area contributed by atoms with Gasteiger partial charge in [0.15, 0.2) is 6.61 Å². The van der Waals surface area contributed by atoms with Crippen LogP contribution in [-0.2, 0) is 13.0 Å². The van der Waals surface area contributed by atoms with Crippen LogP contribution in [0.2, 0.25) is 5.02 Å². The number of halogens is 2. The second kappa shape index (κ2) is 5.79. The van der Waals surface area contributed by atoms with Gasteiger partial charge < -0.3 is 15.0 Å². The van der Waals surface area contributed by atoms with Crippen molar-refractivity contribution < 1.29 is 13.7 Å². The van der Waals surface area contributed by atoms with Gasteiger partial charge >= 0.3 is 0 Å². The molecule has 0 aliphatic carbocycles. The fourth-order valence-electron chi connectivity index (χ4n) is 1.31. The molecule has 0 saturated heterocycles. The second-order valence-electron chi connectivity index (χ2n) is 3.51. The summed E-state index contributed by atoms with van der Waals surface area (Å²) in [5.74, 6) is 0.792. The van der Waals surface area contributed by atoms with Gasteiger partial charge in [-0.1, -0.05) is 16.8 Å². The molecule has 0 radical (unpaired) electrons. The lowest BCUT2D eigenvalue weighted by molar-refractivity contribution is 0.285. The Morgan fingerprint density at radius 2 is 2.28 bits per heavy atom. The Bertz CT molecular complexity index is 533. The summed E-state index contributed by atoms with van der Waals surface area (Å²) < 4.78 is 23.1. The number of hydrogen-bond acceptors (Lipinski definition) is 5. The highest BCUT2D eigenvalue weighted by Gasteiger charge is 2.08. The average Bonchev–Trinajstić information content (AvgIpc) is 2.76. The largest absolute Gasteiger partial charge is 0.484 e. The zero-order valence-electron chi connectivity index (χ0n) is 9.40. The van der Waals surface area contributed by atoms with Crippen molar-refractivity contribution in [3.63, 3.8) is 0 Å². The van der Waals surface area contributed by atoms with E-state index in [9.17, 15) is 4.39 Å². The van der Waals surface area contributed by atoms with Crippen LogP contribution in [0.15, 0.2) is 22.7 Å². The van der Waals surface area contributed by atoms with Gasteiger partial charge in [-0.15, -0.1) is 0 Å². The third kappa shape index (κ3) is 3.18. The molecule has 0 spiro atoms. The van der Waals surface area contributed by atoms with Crippen LogP contribution in [0, 0.1) is 5.82 Å². The summed E-state index contributed by atoms with van der Waals surface area (Å²) in [6.45, 7) is 0.533. The first-order valence-electron chi connectivity index (χ1n) is 5.28. The molecule has 2 rings (SSSR count). The number of nitrogens with zero attached hydrogens (tertiary/aromatic N) is 2. The minimum atomic E-state index is -0.419. The molecule has 0 atom stereocenters. The van der Waals surface area contributed by atoms with Crippen molar-refractivity contribution in [2.75, 3.05) is 6.54 Å². The molecule has 5 nitrogen and oxygen atoms in total. The Labute approximate surface area is 108 Å². The molecule has 0 unspecified atom stereocenters. The molecule has 18 heavy (non-hydrogen) atoms. The molecular weight excluding hydrogens is 261 g/mol. The van der Waals surface area contributed by atoms with Crippen molar-refractivity contribution in [3.05, 3.63) is 40.8 Å². The Morgan fingerprint density at radius 3 is 3.00 bits per heavy atom. The van der Waals surface area contributed by atoms with Crippen molar-refractivity contribution in [1.82, 2.24) is 10.1 Å². The summed E-state index contributed by atoms with van der Waals surface area (Å²) in [4.78, 5) is 4.06. The smallest absolute Gasteiger partial charge is 0.228 e. The van der Waals surface area contributed by atoms with E-state index in [1.54, 1.807) is 0 Å². The second-order valence-corrected chi connectivity index (χ2v) is 3.91. The first kappa shape index (κ1) is 12.8. The zero-order chi connectivity index (χ0) is 13.0. The van der Waals surface area contributed by atoms with Crippen molar-refractivity contribution in [3.8, 4) is 5.75 Å². The highest BCUT2D eigenvalue weighted by molar-refractivity contribution is 6.32. The molecule has 0 bridgehead atoms. The summed E-state index contributed by atoms with van der Waals surface area (Å²) in [5, 5.41) is 3.91. The van der Waals surface area contributed by atoms with Crippen LogP contribution in [0.1, 0.15) is 11.7 Å². The minimum absolute atomic E-state index is 0.0967. The van der Waals surface area contributed by atoms with E-state index in [0.717, 1.165) is 0 Å². The Morgan fingerprint density at radius 1 is 1.44 bits per heavy atom. The van der Waals surface area contributed by atoms with Gasteiger partial charge in [0.2, 0.25) is 11.7 Å². The van der Waals surface area contributed by atoms with E-state index in [2.05, 4.69) is 10.1 Å². The standard InChI is InChI=1S/C11H11ClFN3O2/c12-8-5-7(13)1-2-9(8)17-6-10-15-11(3-4-14)18-16-10/h1-2,5H,3-4,6,14H2. The highest BCUT2D eigenvalue weighted by Crippen LogP contribution is 2.25. The normalized spacial score (nSPS) is 10.6. The maximum Gasteiger partial charge on any atom is 0.228 e. The topological polar surface area (TPSA) is 74.2 Å². The fourth-order valence-corrected chi connectivity index (χ4v) is 1.53. The number of ether oxygens (including phenoxy) is 1. The zero-order valence-corrected chi connectivity index (χ0v) is 10.2. The molecule has 0 aliphatic heterocycles. The number of nitrogens with two attached hydrogens (primary N) is 1. The van der Waals surface area contributed by atoms with E-state index in [-0.39, 0.29) is 11.6 Å². The number of benzene rings is 1. The quantitative estimate of drug-likeness (QED) is 0.899. The molecule has 1 aromatic carbocycles. The van der Waals surface area contributed by atoms with Crippen molar-refractivity contribution in [2.24, 2.45) is 5.73 Å². The summed E-state index contributed by atoms with van der Waals surface area (Å²) in [7, 11) is 0. The molecule has 0 aliphatic rings. The van der Waals surface area contributed by atoms with Gasteiger partial charge in [0.05, 0.1) is 5.02 Å². The van der Waals surface area contributed by atoms with Crippen molar-refractivity contribution in [1.29, 1.82) is 0 Å². The molecule has 7 heteroatoms. The van der Waals surface area contributed by atoms with Crippen LogP contribution in [0.25, 0.3) is 0 Å². The molecule has 0 amide bonds. The fraction of sp³-hybridized carbons (Fsp3) is 0.273. The van der Waals surface area contributed by atoms with Crippen LogP contribution < -0.4 is 10.5 Å². The maximum absolute atomic E-state index is 12.8. The first-order valence-corrected chi connectivity index (χ1v) is 5.66. The minimum Gasteiger partial charge on any atom is -0.484 e. The van der Waals surface area contributed by atoms with Crippen LogP contribution in [-0.4, -0.2) is 16.7 Å². The lowest BCUT2D eigenvalue weighted by Gasteiger charge is -2.04. The highest BCUT2D eigenvalue weighted by atomic mass is 35.5. The molecule has 2 aromatic rings. The van der Waals surface area contributed by atoms with Gasteiger partial charge in [-0.2, -0.15) is 4.98 Å². The van der Waals surface area contributed by atoms with E-state index in [1.165, 1.54) is 18.2 Å². The number of aromatic nitrogens is 2. The molecule has 0 saturated carbocycles. The molecule has 2 N–H and O–H groups in total. The summed E-state index contributed by atoms with van der Waals surface area (Å²) in [6.07, 6.45) is 0.518. The van der Waals surface area contributed by atoms with E-state index < -0.39 is 5.82 Å². The third-order valence-electron chi connectivity index (χ3n) is 2.12. The van der Waals surface area contributed by atoms with Gasteiger partial charge in [-0.05, 0) is 18.2 Å². The van der Waals surface area contributed by atoms with Crippen LogP contribution in [0.5, 0.6) is 5.75 Å². The molecule has 1 aromatic heterocycles. The van der Waals surface area contributed by atoms with Crippen molar-refractivity contribution >= 4 is 11.6 Å². The first-order chi connectivity index (χ1) is 8.69. The van der Waals surface area contributed by atoms with E-state index >= 15 is 0 Å². The van der Waals surface area contributed by atoms with E-state index in [0.29, 0.717) is 30.4 Å².